The highest BCUT2D eigenvalue weighted by Crippen LogP contribution is 2.13. The zero-order valence-corrected chi connectivity index (χ0v) is 5.47. The molecule has 0 amide bonds. The second-order valence-corrected chi connectivity index (χ2v) is 2.51. The third kappa shape index (κ3) is 0.941. The largest absolute Gasteiger partial charge is 0.262 e. The molecule has 2 nitrogen and oxygen atoms in total. The van der Waals surface area contributed by atoms with Gasteiger partial charge in [0.05, 0.1) is 5.71 Å². The highest BCUT2D eigenvalue weighted by Gasteiger charge is 2.16. The average Bonchev–Trinajstić information content (AvgIpc) is 1.82. The third-order valence-corrected chi connectivity index (χ3v) is 1.02. The summed E-state index contributed by atoms with van der Waals surface area (Å²) < 4.78 is 0. The van der Waals surface area contributed by atoms with Crippen LogP contribution in [-0.4, -0.2) is 17.6 Å². The van der Waals surface area contributed by atoms with E-state index in [1.807, 2.05) is 20.8 Å². The van der Waals surface area contributed by atoms with E-state index in [4.69, 9.17) is 0 Å². The van der Waals surface area contributed by atoms with Gasteiger partial charge in [0.15, 0.2) is 0 Å². The van der Waals surface area contributed by atoms with E-state index in [9.17, 15) is 0 Å². The molecular weight excluding hydrogens is 100 g/mol. The van der Waals surface area contributed by atoms with Crippen LogP contribution < -0.4 is 0 Å². The minimum Gasteiger partial charge on any atom is -0.262 e. The number of rotatable bonds is 0. The van der Waals surface area contributed by atoms with E-state index in [1.165, 1.54) is 0 Å². The van der Waals surface area contributed by atoms with Crippen molar-refractivity contribution in [3.05, 3.63) is 0 Å². The summed E-state index contributed by atoms with van der Waals surface area (Å²) >= 11 is 0. The lowest BCUT2D eigenvalue weighted by molar-refractivity contribution is 0.567. The van der Waals surface area contributed by atoms with Gasteiger partial charge in [-0.2, -0.15) is 0 Å². The van der Waals surface area contributed by atoms with Crippen LogP contribution in [0.15, 0.2) is 9.98 Å². The molecule has 1 heterocycles. The maximum absolute atomic E-state index is 4.22. The van der Waals surface area contributed by atoms with E-state index in [2.05, 4.69) is 9.98 Å². The van der Waals surface area contributed by atoms with Gasteiger partial charge in [0.1, 0.15) is 5.66 Å². The summed E-state index contributed by atoms with van der Waals surface area (Å²) in [6.07, 6.45) is 1.81. The normalized spacial score (nSPS) is 23.6. The predicted octanol–water partition coefficient (Wildman–Crippen LogP) is 1.27. The Hall–Kier alpha value is -0.660. The lowest BCUT2D eigenvalue weighted by Crippen LogP contribution is -2.08. The van der Waals surface area contributed by atoms with Crippen LogP contribution in [0.3, 0.4) is 0 Å². The molecule has 0 fully saturated rings. The van der Waals surface area contributed by atoms with Crippen LogP contribution in [0.5, 0.6) is 0 Å². The topological polar surface area (TPSA) is 24.7 Å². The quantitative estimate of drug-likeness (QED) is 0.448. The van der Waals surface area contributed by atoms with Gasteiger partial charge in [0, 0.05) is 6.21 Å². The van der Waals surface area contributed by atoms with Gasteiger partial charge in [-0.05, 0) is 20.8 Å². The maximum Gasteiger partial charge on any atom is 0.144 e. The first kappa shape index (κ1) is 5.48. The van der Waals surface area contributed by atoms with Crippen LogP contribution in [0.2, 0.25) is 0 Å². The summed E-state index contributed by atoms with van der Waals surface area (Å²) in [6, 6.07) is 0. The number of nitrogens with zero attached hydrogens (tertiary/aromatic N) is 2. The van der Waals surface area contributed by atoms with Crippen molar-refractivity contribution < 1.29 is 0 Å². The molecule has 0 bridgehead atoms. The minimum atomic E-state index is -0.177. The third-order valence-electron chi connectivity index (χ3n) is 1.02. The van der Waals surface area contributed by atoms with Crippen molar-refractivity contribution in [2.24, 2.45) is 9.98 Å². The van der Waals surface area contributed by atoms with Gasteiger partial charge in [-0.1, -0.05) is 0 Å². The van der Waals surface area contributed by atoms with Gasteiger partial charge in [-0.15, -0.1) is 0 Å². The summed E-state index contributed by atoms with van der Waals surface area (Å²) in [5.74, 6) is 0. The molecule has 1 aliphatic heterocycles. The predicted molar refractivity (Wildman–Crippen MR) is 35.7 cm³/mol. The minimum absolute atomic E-state index is 0.177. The molecule has 0 saturated carbocycles. The van der Waals surface area contributed by atoms with Crippen LogP contribution in [0.1, 0.15) is 20.8 Å². The van der Waals surface area contributed by atoms with Crippen LogP contribution in [-0.2, 0) is 0 Å². The Kier molecular flexibility index (Phi) is 0.962. The Labute approximate surface area is 49.3 Å². The lowest BCUT2D eigenvalue weighted by Gasteiger charge is -2.06. The first-order valence-electron chi connectivity index (χ1n) is 2.72. The standard InChI is InChI=1S/C6H10N2/c1-5-4-7-6(2,3)8-5/h4H,1-3H3. The van der Waals surface area contributed by atoms with Gasteiger partial charge in [-0.25, -0.2) is 0 Å². The second kappa shape index (κ2) is 1.41. The van der Waals surface area contributed by atoms with E-state index in [-0.39, 0.29) is 5.66 Å². The first-order chi connectivity index (χ1) is 3.60. The SMILES string of the molecule is CC1=NC(C)(C)N=C1. The molecule has 0 aliphatic carbocycles. The highest BCUT2D eigenvalue weighted by molar-refractivity contribution is 6.30. The molecule has 8 heavy (non-hydrogen) atoms. The number of aliphatic imine (C=N–C) groups is 2. The molecule has 0 unspecified atom stereocenters. The fourth-order valence-corrected chi connectivity index (χ4v) is 0.741. The van der Waals surface area contributed by atoms with Crippen molar-refractivity contribution in [3.63, 3.8) is 0 Å². The van der Waals surface area contributed by atoms with Crippen molar-refractivity contribution in [2.75, 3.05) is 0 Å². The van der Waals surface area contributed by atoms with Crippen LogP contribution in [0, 0.1) is 0 Å². The molecule has 0 radical (unpaired) electrons. The Morgan fingerprint density at radius 2 is 2.12 bits per heavy atom. The van der Waals surface area contributed by atoms with E-state index in [1.54, 1.807) is 6.21 Å². The van der Waals surface area contributed by atoms with Crippen molar-refractivity contribution in [1.82, 2.24) is 0 Å². The molecule has 0 aromatic carbocycles. The molecule has 1 aliphatic rings. The average molecular weight is 110 g/mol. The molecule has 44 valence electrons. The monoisotopic (exact) mass is 110 g/mol. The van der Waals surface area contributed by atoms with Gasteiger partial charge >= 0.3 is 0 Å². The van der Waals surface area contributed by atoms with Gasteiger partial charge < -0.3 is 0 Å². The lowest BCUT2D eigenvalue weighted by atomic mass is 10.3. The van der Waals surface area contributed by atoms with Crippen LogP contribution in [0.4, 0.5) is 0 Å². The zero-order chi connectivity index (χ0) is 6.20. The van der Waals surface area contributed by atoms with E-state index >= 15 is 0 Å². The van der Waals surface area contributed by atoms with E-state index in [0.717, 1.165) is 5.71 Å². The number of hydrogen-bond acceptors (Lipinski definition) is 2. The van der Waals surface area contributed by atoms with Gasteiger partial charge in [0.25, 0.3) is 0 Å². The molecule has 0 atom stereocenters. The fraction of sp³-hybridized carbons (Fsp3) is 0.667. The Morgan fingerprint density at radius 1 is 1.50 bits per heavy atom. The zero-order valence-electron chi connectivity index (χ0n) is 5.47. The summed E-state index contributed by atoms with van der Waals surface area (Å²) in [5.41, 5.74) is 0.847. The Balaban J connectivity index is 2.84. The van der Waals surface area contributed by atoms with Gasteiger partial charge in [0.2, 0.25) is 0 Å². The van der Waals surface area contributed by atoms with Crippen LogP contribution >= 0.6 is 0 Å². The molecule has 0 N–H and O–H groups in total. The van der Waals surface area contributed by atoms with Crippen molar-refractivity contribution in [1.29, 1.82) is 0 Å². The van der Waals surface area contributed by atoms with Gasteiger partial charge in [-0.3, -0.25) is 9.98 Å². The summed E-state index contributed by atoms with van der Waals surface area (Å²) in [5, 5.41) is 0. The summed E-state index contributed by atoms with van der Waals surface area (Å²) in [6.45, 7) is 5.93. The van der Waals surface area contributed by atoms with Crippen LogP contribution in [0.25, 0.3) is 0 Å². The highest BCUT2D eigenvalue weighted by atomic mass is 15.1. The summed E-state index contributed by atoms with van der Waals surface area (Å²) in [4.78, 5) is 8.34. The second-order valence-electron chi connectivity index (χ2n) is 2.51. The molecule has 0 aromatic rings. The van der Waals surface area contributed by atoms with E-state index < -0.39 is 0 Å². The van der Waals surface area contributed by atoms with Crippen molar-refractivity contribution in [3.8, 4) is 0 Å². The molecule has 0 aromatic heterocycles. The smallest absolute Gasteiger partial charge is 0.144 e. The molecular formula is C6H10N2. The maximum atomic E-state index is 4.22. The molecule has 2 heteroatoms. The molecule has 0 spiro atoms. The van der Waals surface area contributed by atoms with Crippen molar-refractivity contribution >= 4 is 11.9 Å². The fourth-order valence-electron chi connectivity index (χ4n) is 0.741. The van der Waals surface area contributed by atoms with E-state index in [0.29, 0.717) is 0 Å². The molecule has 1 rings (SSSR count). The van der Waals surface area contributed by atoms with Crippen molar-refractivity contribution in [2.45, 2.75) is 26.4 Å². The first-order valence-corrected chi connectivity index (χ1v) is 2.72. The molecule has 0 saturated heterocycles. The number of hydrogen-bond donors (Lipinski definition) is 0. The Morgan fingerprint density at radius 3 is 2.25 bits per heavy atom. The summed E-state index contributed by atoms with van der Waals surface area (Å²) in [7, 11) is 0. The Bertz CT molecular complexity index is 154.